The first-order chi connectivity index (χ1) is 12.0. The Labute approximate surface area is 150 Å². The Morgan fingerprint density at radius 3 is 2.24 bits per heavy atom. The molecular formula is C21H27NO3. The van der Waals surface area contributed by atoms with Gasteiger partial charge in [-0.1, -0.05) is 24.6 Å². The number of aryl methyl sites for hydroxylation is 3. The fraction of sp³-hybridized carbons (Fsp3) is 0.381. The number of anilines is 1. The van der Waals surface area contributed by atoms with E-state index in [2.05, 4.69) is 31.3 Å². The summed E-state index contributed by atoms with van der Waals surface area (Å²) in [5.74, 6) is 1.11. The number of nitrogens with one attached hydrogen (secondary N) is 1. The lowest BCUT2D eigenvalue weighted by Crippen LogP contribution is -2.14. The van der Waals surface area contributed by atoms with Crippen molar-refractivity contribution < 1.29 is 14.3 Å². The number of hydrogen-bond donors (Lipinski definition) is 1. The quantitative estimate of drug-likeness (QED) is 0.766. The van der Waals surface area contributed by atoms with Crippen LogP contribution in [0.1, 0.15) is 47.3 Å². The van der Waals surface area contributed by atoms with E-state index < -0.39 is 0 Å². The molecule has 4 nitrogen and oxygen atoms in total. The van der Waals surface area contributed by atoms with E-state index in [1.165, 1.54) is 5.56 Å². The van der Waals surface area contributed by atoms with Crippen molar-refractivity contribution in [2.24, 2.45) is 0 Å². The summed E-state index contributed by atoms with van der Waals surface area (Å²) in [5.41, 5.74) is 4.70. The molecule has 0 radical (unpaired) electrons. The predicted molar refractivity (Wildman–Crippen MR) is 102 cm³/mol. The van der Waals surface area contributed by atoms with Crippen LogP contribution in [-0.2, 0) is 0 Å². The van der Waals surface area contributed by atoms with Gasteiger partial charge in [-0.3, -0.25) is 4.79 Å². The first kappa shape index (κ1) is 18.8. The summed E-state index contributed by atoms with van der Waals surface area (Å²) in [4.78, 5) is 12.7. The number of amides is 1. The molecule has 0 aliphatic carbocycles. The van der Waals surface area contributed by atoms with Crippen LogP contribution in [0.5, 0.6) is 11.5 Å². The van der Waals surface area contributed by atoms with Crippen LogP contribution in [0.4, 0.5) is 5.69 Å². The van der Waals surface area contributed by atoms with Gasteiger partial charge < -0.3 is 14.8 Å². The third kappa shape index (κ3) is 4.75. The molecule has 0 heterocycles. The Hall–Kier alpha value is -2.49. The van der Waals surface area contributed by atoms with Gasteiger partial charge in [0.25, 0.3) is 5.91 Å². The molecule has 1 N–H and O–H groups in total. The first-order valence-corrected chi connectivity index (χ1v) is 8.75. The van der Waals surface area contributed by atoms with Crippen LogP contribution in [0.2, 0.25) is 0 Å². The van der Waals surface area contributed by atoms with E-state index in [0.29, 0.717) is 30.3 Å². The van der Waals surface area contributed by atoms with Crippen molar-refractivity contribution in [3.63, 3.8) is 0 Å². The predicted octanol–water partition coefficient (Wildman–Crippen LogP) is 5.05. The summed E-state index contributed by atoms with van der Waals surface area (Å²) in [6.07, 6.45) is 0.916. The monoisotopic (exact) mass is 341 g/mol. The minimum absolute atomic E-state index is 0.155. The summed E-state index contributed by atoms with van der Waals surface area (Å²) < 4.78 is 11.3. The summed E-state index contributed by atoms with van der Waals surface area (Å²) >= 11 is 0. The summed E-state index contributed by atoms with van der Waals surface area (Å²) in [5, 5.41) is 3.02. The van der Waals surface area contributed by atoms with Gasteiger partial charge in [-0.25, -0.2) is 0 Å². The van der Waals surface area contributed by atoms with Gasteiger partial charge in [0.1, 0.15) is 0 Å². The number of carbonyl (C=O) groups is 1. The van der Waals surface area contributed by atoms with Gasteiger partial charge in [0.2, 0.25) is 0 Å². The van der Waals surface area contributed by atoms with Crippen LogP contribution in [0.3, 0.4) is 0 Å². The first-order valence-electron chi connectivity index (χ1n) is 8.75. The second-order valence-electron chi connectivity index (χ2n) is 6.17. The van der Waals surface area contributed by atoms with E-state index in [4.69, 9.17) is 9.47 Å². The topological polar surface area (TPSA) is 47.6 Å². The third-order valence-corrected chi connectivity index (χ3v) is 3.88. The van der Waals surface area contributed by atoms with Gasteiger partial charge in [0, 0.05) is 11.3 Å². The van der Waals surface area contributed by atoms with E-state index in [-0.39, 0.29) is 5.91 Å². The standard InChI is InChI=1S/C21H27NO3/c1-6-10-25-18-9-8-17(13-19(18)24-7-2)21(23)22-20-15(4)11-14(3)12-16(20)5/h8-9,11-13H,6-7,10H2,1-5H3,(H,22,23). The number of ether oxygens (including phenoxy) is 2. The smallest absolute Gasteiger partial charge is 0.255 e. The lowest BCUT2D eigenvalue weighted by atomic mass is 10.0. The molecule has 4 heteroatoms. The molecule has 2 aromatic carbocycles. The van der Waals surface area contributed by atoms with Crippen LogP contribution in [0.25, 0.3) is 0 Å². The van der Waals surface area contributed by atoms with E-state index >= 15 is 0 Å². The molecule has 0 fully saturated rings. The molecule has 134 valence electrons. The molecule has 2 aromatic rings. The molecule has 0 unspecified atom stereocenters. The molecule has 0 saturated carbocycles. The number of benzene rings is 2. The maximum Gasteiger partial charge on any atom is 0.255 e. The highest BCUT2D eigenvalue weighted by Crippen LogP contribution is 2.29. The fourth-order valence-electron chi connectivity index (χ4n) is 2.81. The highest BCUT2D eigenvalue weighted by atomic mass is 16.5. The number of rotatable bonds is 7. The zero-order valence-electron chi connectivity index (χ0n) is 15.7. The lowest BCUT2D eigenvalue weighted by Gasteiger charge is -2.15. The van der Waals surface area contributed by atoms with Crippen LogP contribution in [0, 0.1) is 20.8 Å². The Balaban J connectivity index is 2.26. The van der Waals surface area contributed by atoms with Crippen molar-refractivity contribution in [2.75, 3.05) is 18.5 Å². The molecule has 0 aliphatic rings. The molecule has 0 bridgehead atoms. The van der Waals surface area contributed by atoms with Crippen LogP contribution < -0.4 is 14.8 Å². The van der Waals surface area contributed by atoms with Crippen molar-refractivity contribution in [2.45, 2.75) is 41.0 Å². The van der Waals surface area contributed by atoms with Crippen molar-refractivity contribution in [3.05, 3.63) is 52.6 Å². The minimum atomic E-state index is -0.155. The Bertz CT molecular complexity index is 730. The molecule has 0 aliphatic heterocycles. The Kier molecular flexibility index (Phi) is 6.45. The molecule has 2 rings (SSSR count). The van der Waals surface area contributed by atoms with Gasteiger partial charge in [0.15, 0.2) is 11.5 Å². The minimum Gasteiger partial charge on any atom is -0.490 e. The van der Waals surface area contributed by atoms with Crippen LogP contribution >= 0.6 is 0 Å². The molecular weight excluding hydrogens is 314 g/mol. The summed E-state index contributed by atoms with van der Waals surface area (Å²) in [7, 11) is 0. The molecule has 0 aromatic heterocycles. The van der Waals surface area contributed by atoms with E-state index in [1.54, 1.807) is 18.2 Å². The van der Waals surface area contributed by atoms with Crippen molar-refractivity contribution in [1.82, 2.24) is 0 Å². The maximum absolute atomic E-state index is 12.7. The number of carbonyl (C=O) groups excluding carboxylic acids is 1. The van der Waals surface area contributed by atoms with Crippen LogP contribution in [-0.4, -0.2) is 19.1 Å². The van der Waals surface area contributed by atoms with Gasteiger partial charge >= 0.3 is 0 Å². The van der Waals surface area contributed by atoms with Gasteiger partial charge in [0.05, 0.1) is 13.2 Å². The zero-order chi connectivity index (χ0) is 18.4. The third-order valence-electron chi connectivity index (χ3n) is 3.88. The van der Waals surface area contributed by atoms with Crippen molar-refractivity contribution in [1.29, 1.82) is 0 Å². The van der Waals surface area contributed by atoms with E-state index in [0.717, 1.165) is 23.2 Å². The summed E-state index contributed by atoms with van der Waals surface area (Å²) in [6, 6.07) is 9.43. The molecule has 0 atom stereocenters. The molecule has 25 heavy (non-hydrogen) atoms. The lowest BCUT2D eigenvalue weighted by molar-refractivity contribution is 0.102. The van der Waals surface area contributed by atoms with Crippen molar-refractivity contribution in [3.8, 4) is 11.5 Å². The summed E-state index contributed by atoms with van der Waals surface area (Å²) in [6.45, 7) is 11.2. The number of hydrogen-bond acceptors (Lipinski definition) is 3. The van der Waals surface area contributed by atoms with Gasteiger partial charge in [-0.15, -0.1) is 0 Å². The second kappa shape index (κ2) is 8.56. The highest BCUT2D eigenvalue weighted by molar-refractivity contribution is 6.05. The zero-order valence-corrected chi connectivity index (χ0v) is 15.7. The van der Waals surface area contributed by atoms with E-state index in [1.807, 2.05) is 20.8 Å². The van der Waals surface area contributed by atoms with Gasteiger partial charge in [-0.2, -0.15) is 0 Å². The maximum atomic E-state index is 12.7. The highest BCUT2D eigenvalue weighted by Gasteiger charge is 2.14. The largest absolute Gasteiger partial charge is 0.490 e. The Morgan fingerprint density at radius 1 is 0.960 bits per heavy atom. The molecule has 0 saturated heterocycles. The van der Waals surface area contributed by atoms with Gasteiger partial charge in [-0.05, 0) is 63.4 Å². The Morgan fingerprint density at radius 2 is 1.64 bits per heavy atom. The molecule has 1 amide bonds. The molecule has 0 spiro atoms. The average Bonchev–Trinajstić information content (AvgIpc) is 2.57. The SMILES string of the molecule is CCCOc1ccc(C(=O)Nc2c(C)cc(C)cc2C)cc1OCC. The average molecular weight is 341 g/mol. The normalized spacial score (nSPS) is 10.4. The second-order valence-corrected chi connectivity index (χ2v) is 6.17. The van der Waals surface area contributed by atoms with Crippen LogP contribution in [0.15, 0.2) is 30.3 Å². The van der Waals surface area contributed by atoms with E-state index in [9.17, 15) is 4.79 Å². The fourth-order valence-corrected chi connectivity index (χ4v) is 2.81. The van der Waals surface area contributed by atoms with Crippen molar-refractivity contribution >= 4 is 11.6 Å².